The number of para-hydroxylation sites is 1. The molecule has 0 radical (unpaired) electrons. The van der Waals surface area contributed by atoms with E-state index >= 15 is 0 Å². The number of carboxylic acids is 1. The first kappa shape index (κ1) is 30.1. The number of aryl methyl sites for hydroxylation is 1. The number of rotatable bonds is 10. The molecule has 2 unspecified atom stereocenters. The van der Waals surface area contributed by atoms with Crippen molar-refractivity contribution in [3.8, 4) is 5.75 Å². The van der Waals surface area contributed by atoms with Crippen LogP contribution in [0.5, 0.6) is 5.75 Å². The summed E-state index contributed by atoms with van der Waals surface area (Å²) < 4.78 is 10.3. The van der Waals surface area contributed by atoms with Gasteiger partial charge in [-0.05, 0) is 59.9 Å². The van der Waals surface area contributed by atoms with Gasteiger partial charge in [0.05, 0.1) is 38.7 Å². The van der Waals surface area contributed by atoms with Gasteiger partial charge in [0.15, 0.2) is 0 Å². The average Bonchev–Trinajstić information content (AvgIpc) is 3.40. The molecule has 0 saturated heterocycles. The predicted molar refractivity (Wildman–Crippen MR) is 159 cm³/mol. The van der Waals surface area contributed by atoms with Crippen molar-refractivity contribution in [2.75, 3.05) is 36.3 Å². The highest BCUT2D eigenvalue weighted by Crippen LogP contribution is 2.36. The van der Waals surface area contributed by atoms with Crippen LogP contribution in [-0.4, -0.2) is 49.7 Å². The lowest BCUT2D eigenvalue weighted by molar-refractivity contribution is -0.146. The molecule has 2 atom stereocenters. The SMILES string of the molecule is COC(=O)C(C)C(CC(=O)O)c1ccc2c(c1)CCN2C(=O)Cc1ccc(NC(=O)Nc2ccccc2C)c(OC)c1. The van der Waals surface area contributed by atoms with Gasteiger partial charge in [-0.1, -0.05) is 43.3 Å². The number of carboxylic acid groups (broad SMARTS) is 1. The summed E-state index contributed by atoms with van der Waals surface area (Å²) in [5.74, 6) is -2.34. The number of hydrogen-bond donors (Lipinski definition) is 3. The molecule has 1 aliphatic rings. The molecule has 0 bridgehead atoms. The van der Waals surface area contributed by atoms with Gasteiger partial charge >= 0.3 is 18.0 Å². The Bertz CT molecular complexity index is 1500. The Morgan fingerprint density at radius 3 is 2.40 bits per heavy atom. The van der Waals surface area contributed by atoms with E-state index < -0.39 is 29.8 Å². The zero-order chi connectivity index (χ0) is 30.4. The average molecular weight is 574 g/mol. The van der Waals surface area contributed by atoms with E-state index in [2.05, 4.69) is 10.6 Å². The third-order valence-corrected chi connectivity index (χ3v) is 7.56. The number of hydrogen-bond acceptors (Lipinski definition) is 6. The Hall–Kier alpha value is -4.86. The minimum absolute atomic E-state index is 0.105. The molecule has 3 amide bonds. The number of anilines is 3. The fourth-order valence-electron chi connectivity index (χ4n) is 5.24. The fourth-order valence-corrected chi connectivity index (χ4v) is 5.24. The van der Waals surface area contributed by atoms with E-state index in [9.17, 15) is 24.3 Å². The molecule has 1 heterocycles. The second kappa shape index (κ2) is 13.2. The minimum atomic E-state index is -1.00. The second-order valence-electron chi connectivity index (χ2n) is 10.3. The number of carbonyl (C=O) groups is 4. The Morgan fingerprint density at radius 2 is 1.71 bits per heavy atom. The maximum atomic E-state index is 13.3. The van der Waals surface area contributed by atoms with Crippen LogP contribution in [0.3, 0.4) is 0 Å². The van der Waals surface area contributed by atoms with Crippen molar-refractivity contribution in [3.05, 3.63) is 82.9 Å². The van der Waals surface area contributed by atoms with Gasteiger partial charge in [0.25, 0.3) is 0 Å². The molecule has 0 spiro atoms. The van der Waals surface area contributed by atoms with Crippen LogP contribution in [0, 0.1) is 12.8 Å². The van der Waals surface area contributed by atoms with Crippen LogP contribution in [0.15, 0.2) is 60.7 Å². The first-order valence-corrected chi connectivity index (χ1v) is 13.6. The molecule has 220 valence electrons. The summed E-state index contributed by atoms with van der Waals surface area (Å²) in [6.45, 7) is 4.05. The molecule has 10 heteroatoms. The van der Waals surface area contributed by atoms with Gasteiger partial charge < -0.3 is 30.1 Å². The zero-order valence-corrected chi connectivity index (χ0v) is 24.1. The third-order valence-electron chi connectivity index (χ3n) is 7.56. The molecule has 1 aliphatic heterocycles. The van der Waals surface area contributed by atoms with Crippen molar-refractivity contribution in [1.29, 1.82) is 0 Å². The summed E-state index contributed by atoms with van der Waals surface area (Å²) >= 11 is 0. The quantitative estimate of drug-likeness (QED) is 0.286. The third kappa shape index (κ3) is 6.88. The smallest absolute Gasteiger partial charge is 0.323 e. The van der Waals surface area contributed by atoms with Gasteiger partial charge in [0.1, 0.15) is 5.75 Å². The number of ether oxygens (including phenoxy) is 2. The Balaban J connectivity index is 1.45. The number of esters is 1. The predicted octanol–water partition coefficient (Wildman–Crippen LogP) is 5.15. The Kier molecular flexibility index (Phi) is 9.46. The van der Waals surface area contributed by atoms with Crippen LogP contribution in [0.2, 0.25) is 0 Å². The number of amides is 3. The lowest BCUT2D eigenvalue weighted by atomic mass is 9.83. The van der Waals surface area contributed by atoms with Gasteiger partial charge in [-0.25, -0.2) is 4.79 Å². The summed E-state index contributed by atoms with van der Waals surface area (Å²) in [4.78, 5) is 51.3. The molecular weight excluding hydrogens is 538 g/mol. The number of nitrogens with one attached hydrogen (secondary N) is 2. The number of aliphatic carboxylic acids is 1. The molecule has 4 rings (SSSR count). The van der Waals surface area contributed by atoms with Crippen molar-refractivity contribution >= 4 is 40.9 Å². The summed E-state index contributed by atoms with van der Waals surface area (Å²) in [5, 5.41) is 15.0. The van der Waals surface area contributed by atoms with Crippen LogP contribution in [-0.2, 0) is 32.0 Å². The Morgan fingerprint density at radius 1 is 0.976 bits per heavy atom. The summed E-state index contributed by atoms with van der Waals surface area (Å²) in [7, 11) is 2.78. The van der Waals surface area contributed by atoms with E-state index in [1.54, 1.807) is 36.1 Å². The van der Waals surface area contributed by atoms with Crippen molar-refractivity contribution < 1.29 is 33.8 Å². The zero-order valence-electron chi connectivity index (χ0n) is 24.1. The second-order valence-corrected chi connectivity index (χ2v) is 10.3. The topological polar surface area (TPSA) is 134 Å². The maximum Gasteiger partial charge on any atom is 0.323 e. The van der Waals surface area contributed by atoms with E-state index in [1.807, 2.05) is 43.3 Å². The van der Waals surface area contributed by atoms with E-state index in [-0.39, 0.29) is 18.7 Å². The van der Waals surface area contributed by atoms with E-state index in [0.29, 0.717) is 30.1 Å². The van der Waals surface area contributed by atoms with E-state index in [0.717, 1.165) is 27.9 Å². The molecular formula is C32H35N3O7. The highest BCUT2D eigenvalue weighted by Gasteiger charge is 2.31. The summed E-state index contributed by atoms with van der Waals surface area (Å²) in [6, 6.07) is 17.7. The Labute approximate surface area is 244 Å². The van der Waals surface area contributed by atoms with E-state index in [4.69, 9.17) is 9.47 Å². The monoisotopic (exact) mass is 573 g/mol. The number of fused-ring (bicyclic) bond motifs is 1. The van der Waals surface area contributed by atoms with Crippen molar-refractivity contribution in [2.45, 2.75) is 39.0 Å². The molecule has 0 saturated carbocycles. The molecule has 3 N–H and O–H groups in total. The number of methoxy groups -OCH3 is 2. The normalized spacial score (nSPS) is 13.5. The molecule has 42 heavy (non-hydrogen) atoms. The molecule has 3 aromatic rings. The first-order valence-electron chi connectivity index (χ1n) is 13.6. The highest BCUT2D eigenvalue weighted by molar-refractivity contribution is 6.01. The maximum absolute atomic E-state index is 13.3. The summed E-state index contributed by atoms with van der Waals surface area (Å²) in [6.07, 6.45) is 0.523. The van der Waals surface area contributed by atoms with Crippen LogP contribution in [0.1, 0.15) is 41.5 Å². The number of urea groups is 1. The standard InChI is InChI=1S/C32H35N3O7/c1-19-7-5-6-8-25(19)33-32(40)34-26-11-9-21(15-28(26)41-3)16-29(36)35-14-13-23-17-22(10-12-27(23)35)24(18-30(37)38)20(2)31(39)42-4/h5-12,15,17,20,24H,13-14,16,18H2,1-4H3,(H,37,38)(H2,33,34,40). The van der Waals surface area contributed by atoms with Gasteiger partial charge in [-0.3, -0.25) is 14.4 Å². The van der Waals surface area contributed by atoms with Crippen molar-refractivity contribution in [2.24, 2.45) is 5.92 Å². The molecule has 0 aromatic heterocycles. The van der Waals surface area contributed by atoms with E-state index in [1.165, 1.54) is 14.2 Å². The molecule has 3 aromatic carbocycles. The summed E-state index contributed by atoms with van der Waals surface area (Å²) in [5.41, 5.74) is 5.24. The van der Waals surface area contributed by atoms with Crippen molar-refractivity contribution in [3.63, 3.8) is 0 Å². The van der Waals surface area contributed by atoms with Crippen LogP contribution in [0.4, 0.5) is 21.9 Å². The molecule has 10 nitrogen and oxygen atoms in total. The molecule has 0 aliphatic carbocycles. The largest absolute Gasteiger partial charge is 0.495 e. The van der Waals surface area contributed by atoms with Crippen LogP contribution >= 0.6 is 0 Å². The van der Waals surface area contributed by atoms with Crippen molar-refractivity contribution in [1.82, 2.24) is 0 Å². The first-order chi connectivity index (χ1) is 20.1. The van der Waals surface area contributed by atoms with Gasteiger partial charge in [0.2, 0.25) is 5.91 Å². The van der Waals surface area contributed by atoms with Gasteiger partial charge in [-0.15, -0.1) is 0 Å². The van der Waals surface area contributed by atoms with Gasteiger partial charge in [0, 0.05) is 23.8 Å². The minimum Gasteiger partial charge on any atom is -0.495 e. The highest BCUT2D eigenvalue weighted by atomic mass is 16.5. The lowest BCUT2D eigenvalue weighted by Crippen LogP contribution is -2.30. The molecule has 0 fully saturated rings. The van der Waals surface area contributed by atoms with Crippen LogP contribution in [0.25, 0.3) is 0 Å². The lowest BCUT2D eigenvalue weighted by Gasteiger charge is -2.23. The number of nitrogens with zero attached hydrogens (tertiary/aromatic N) is 1. The van der Waals surface area contributed by atoms with Crippen LogP contribution < -0.4 is 20.3 Å². The number of carbonyl (C=O) groups excluding carboxylic acids is 3. The van der Waals surface area contributed by atoms with Gasteiger partial charge in [-0.2, -0.15) is 0 Å². The number of benzene rings is 3. The fraction of sp³-hybridized carbons (Fsp3) is 0.312.